The maximum atomic E-state index is 6.47. The minimum atomic E-state index is 0.326. The lowest BCUT2D eigenvalue weighted by molar-refractivity contribution is 0.00457. The van der Waals surface area contributed by atoms with Crippen molar-refractivity contribution < 1.29 is 0 Å². The van der Waals surface area contributed by atoms with Gasteiger partial charge < -0.3 is 5.32 Å². The summed E-state index contributed by atoms with van der Waals surface area (Å²) >= 11 is 6.47. The third kappa shape index (κ3) is 2.86. The predicted molar refractivity (Wildman–Crippen MR) is 86.6 cm³/mol. The zero-order valence-electron chi connectivity index (χ0n) is 13.5. The Morgan fingerprint density at radius 1 is 1.33 bits per heavy atom. The zero-order chi connectivity index (χ0) is 15.0. The van der Waals surface area contributed by atoms with E-state index in [-0.39, 0.29) is 0 Å². The van der Waals surface area contributed by atoms with Crippen LogP contribution in [0.4, 0.5) is 0 Å². The van der Waals surface area contributed by atoms with Crippen LogP contribution in [-0.2, 0) is 13.6 Å². The normalized spacial score (nSPS) is 26.4. The molecule has 3 rings (SSSR count). The Hall–Kier alpha value is -0.580. The van der Waals surface area contributed by atoms with E-state index in [0.29, 0.717) is 11.6 Å². The second kappa shape index (κ2) is 5.90. The number of nitrogens with zero attached hydrogens (tertiary/aromatic N) is 3. The summed E-state index contributed by atoms with van der Waals surface area (Å²) in [7, 11) is 2.01. The average molecular weight is 311 g/mol. The topological polar surface area (TPSA) is 33.1 Å². The zero-order valence-corrected chi connectivity index (χ0v) is 14.2. The molecule has 0 bridgehead atoms. The van der Waals surface area contributed by atoms with Crippen molar-refractivity contribution in [1.82, 2.24) is 20.0 Å². The van der Waals surface area contributed by atoms with Gasteiger partial charge in [-0.05, 0) is 26.7 Å². The van der Waals surface area contributed by atoms with Crippen LogP contribution in [0.2, 0.25) is 5.02 Å². The second-order valence-electron chi connectivity index (χ2n) is 6.92. The van der Waals surface area contributed by atoms with Gasteiger partial charge in [-0.15, -0.1) is 0 Å². The van der Waals surface area contributed by atoms with Gasteiger partial charge in [-0.1, -0.05) is 30.9 Å². The van der Waals surface area contributed by atoms with E-state index in [0.717, 1.165) is 36.0 Å². The molecule has 1 saturated carbocycles. The summed E-state index contributed by atoms with van der Waals surface area (Å²) in [5.41, 5.74) is 2.43. The molecular formula is C16H27ClN4. The van der Waals surface area contributed by atoms with Crippen molar-refractivity contribution in [1.29, 1.82) is 0 Å². The number of hydrogen-bond acceptors (Lipinski definition) is 3. The fourth-order valence-corrected chi connectivity index (χ4v) is 4.25. The number of aryl methyl sites for hydroxylation is 2. The summed E-state index contributed by atoms with van der Waals surface area (Å²) in [5.74, 6) is 0. The third-order valence-electron chi connectivity index (χ3n) is 5.33. The first-order valence-corrected chi connectivity index (χ1v) is 8.56. The average Bonchev–Trinajstić information content (AvgIpc) is 2.71. The van der Waals surface area contributed by atoms with Gasteiger partial charge in [0.25, 0.3) is 0 Å². The number of piperazine rings is 1. The molecule has 4 nitrogen and oxygen atoms in total. The Morgan fingerprint density at radius 2 is 2.05 bits per heavy atom. The third-order valence-corrected chi connectivity index (χ3v) is 5.82. The van der Waals surface area contributed by atoms with Crippen LogP contribution in [0.5, 0.6) is 0 Å². The fourth-order valence-electron chi connectivity index (χ4n) is 4.03. The Kier molecular flexibility index (Phi) is 4.30. The molecule has 1 unspecified atom stereocenters. The molecule has 118 valence electrons. The van der Waals surface area contributed by atoms with Crippen LogP contribution in [0.3, 0.4) is 0 Å². The van der Waals surface area contributed by atoms with Crippen LogP contribution in [0, 0.1) is 6.92 Å². The van der Waals surface area contributed by atoms with E-state index in [1.807, 2.05) is 18.7 Å². The van der Waals surface area contributed by atoms with Crippen molar-refractivity contribution in [3.8, 4) is 0 Å². The highest BCUT2D eigenvalue weighted by molar-refractivity contribution is 6.31. The molecule has 1 N–H and O–H groups in total. The smallest absolute Gasteiger partial charge is 0.0860 e. The van der Waals surface area contributed by atoms with Gasteiger partial charge in [-0.25, -0.2) is 0 Å². The first kappa shape index (κ1) is 15.3. The van der Waals surface area contributed by atoms with E-state index in [4.69, 9.17) is 11.6 Å². The molecule has 1 aliphatic carbocycles. The van der Waals surface area contributed by atoms with Gasteiger partial charge >= 0.3 is 0 Å². The van der Waals surface area contributed by atoms with Crippen molar-refractivity contribution >= 4 is 11.6 Å². The van der Waals surface area contributed by atoms with E-state index in [1.54, 1.807) is 0 Å². The Morgan fingerprint density at radius 3 is 2.67 bits per heavy atom. The molecule has 1 aromatic heterocycles. The predicted octanol–water partition coefficient (Wildman–Crippen LogP) is 2.88. The minimum absolute atomic E-state index is 0.326. The quantitative estimate of drug-likeness (QED) is 0.912. The van der Waals surface area contributed by atoms with Gasteiger partial charge in [-0.2, -0.15) is 5.10 Å². The fraction of sp³-hybridized carbons (Fsp3) is 0.812. The van der Waals surface area contributed by atoms with Crippen LogP contribution < -0.4 is 5.32 Å². The number of nitrogens with one attached hydrogen (secondary N) is 1. The highest BCUT2D eigenvalue weighted by atomic mass is 35.5. The summed E-state index contributed by atoms with van der Waals surface area (Å²) in [5, 5.41) is 9.01. The maximum Gasteiger partial charge on any atom is 0.0860 e. The largest absolute Gasteiger partial charge is 0.311 e. The minimum Gasteiger partial charge on any atom is -0.311 e. The van der Waals surface area contributed by atoms with Gasteiger partial charge in [0.15, 0.2) is 0 Å². The molecule has 1 spiro atoms. The van der Waals surface area contributed by atoms with Crippen molar-refractivity contribution in [2.24, 2.45) is 7.05 Å². The maximum absolute atomic E-state index is 6.47. The Balaban J connectivity index is 1.85. The monoisotopic (exact) mass is 310 g/mol. The second-order valence-corrected chi connectivity index (χ2v) is 7.30. The van der Waals surface area contributed by atoms with Gasteiger partial charge in [0, 0.05) is 38.3 Å². The van der Waals surface area contributed by atoms with Crippen molar-refractivity contribution in [2.45, 2.75) is 64.1 Å². The van der Waals surface area contributed by atoms with Crippen molar-refractivity contribution in [3.05, 3.63) is 16.4 Å². The van der Waals surface area contributed by atoms with Crippen LogP contribution in [0.1, 0.15) is 50.4 Å². The van der Waals surface area contributed by atoms with Crippen LogP contribution in [-0.4, -0.2) is 39.4 Å². The summed E-state index contributed by atoms with van der Waals surface area (Å²) in [6.45, 7) is 7.40. The molecule has 2 fully saturated rings. The molecule has 0 radical (unpaired) electrons. The molecule has 21 heavy (non-hydrogen) atoms. The molecule has 1 saturated heterocycles. The Labute approximate surface area is 132 Å². The van der Waals surface area contributed by atoms with Gasteiger partial charge in [-0.3, -0.25) is 9.58 Å². The molecule has 5 heteroatoms. The van der Waals surface area contributed by atoms with Gasteiger partial charge in [0.2, 0.25) is 0 Å². The molecule has 1 aliphatic heterocycles. The Bertz CT molecular complexity index is 505. The molecule has 2 aliphatic rings. The molecule has 1 atom stereocenters. The lowest BCUT2D eigenvalue weighted by Gasteiger charge is -2.51. The molecule has 2 heterocycles. The highest BCUT2D eigenvalue weighted by Gasteiger charge is 2.41. The molecule has 0 amide bonds. The van der Waals surface area contributed by atoms with E-state index < -0.39 is 0 Å². The highest BCUT2D eigenvalue weighted by Crippen LogP contribution is 2.37. The summed E-state index contributed by atoms with van der Waals surface area (Å²) in [6, 6.07) is 0.547. The van der Waals surface area contributed by atoms with Crippen molar-refractivity contribution in [3.63, 3.8) is 0 Å². The lowest BCUT2D eigenvalue weighted by atomic mass is 9.78. The SMILES string of the molecule is Cc1nn(C)c(CN2CC(C)NCC23CCCCC3)c1Cl. The van der Waals surface area contributed by atoms with Gasteiger partial charge in [0.1, 0.15) is 0 Å². The molecular weight excluding hydrogens is 284 g/mol. The molecule has 0 aromatic carbocycles. The van der Waals surface area contributed by atoms with Gasteiger partial charge in [0.05, 0.1) is 16.4 Å². The number of rotatable bonds is 2. The number of hydrogen-bond donors (Lipinski definition) is 1. The first-order valence-electron chi connectivity index (χ1n) is 8.18. The van der Waals surface area contributed by atoms with Crippen molar-refractivity contribution in [2.75, 3.05) is 13.1 Å². The summed E-state index contributed by atoms with van der Waals surface area (Å²) in [6.07, 6.45) is 6.70. The number of aromatic nitrogens is 2. The number of halogens is 1. The standard InChI is InChI=1S/C16H27ClN4/c1-12-9-21(10-14-15(17)13(2)19-20(14)3)16(11-18-12)7-5-4-6-8-16/h12,18H,4-11H2,1-3H3. The van der Waals surface area contributed by atoms with Crippen LogP contribution >= 0.6 is 11.6 Å². The van der Waals surface area contributed by atoms with Crippen LogP contribution in [0.25, 0.3) is 0 Å². The van der Waals surface area contributed by atoms with E-state index in [1.165, 1.54) is 32.1 Å². The lowest BCUT2D eigenvalue weighted by Crippen LogP contribution is -2.64. The first-order chi connectivity index (χ1) is 10.0. The molecule has 1 aromatic rings. The van der Waals surface area contributed by atoms with E-state index in [2.05, 4.69) is 22.2 Å². The van der Waals surface area contributed by atoms with Crippen LogP contribution in [0.15, 0.2) is 0 Å². The van der Waals surface area contributed by atoms with E-state index >= 15 is 0 Å². The summed E-state index contributed by atoms with van der Waals surface area (Å²) < 4.78 is 1.96. The summed E-state index contributed by atoms with van der Waals surface area (Å²) in [4.78, 5) is 2.68. The van der Waals surface area contributed by atoms with E-state index in [9.17, 15) is 0 Å².